The van der Waals surface area contributed by atoms with Crippen LogP contribution in [0.2, 0.25) is 0 Å². The fourth-order valence-electron chi connectivity index (χ4n) is 2.17. The highest BCUT2D eigenvalue weighted by molar-refractivity contribution is 5.83. The highest BCUT2D eigenvalue weighted by atomic mass is 16.5. The minimum absolute atomic E-state index is 0.654. The molecule has 3 rings (SSSR count). The van der Waals surface area contributed by atoms with Crippen molar-refractivity contribution in [3.05, 3.63) is 95.8 Å². The van der Waals surface area contributed by atoms with Gasteiger partial charge in [-0.15, -0.1) is 0 Å². The predicted molar refractivity (Wildman–Crippen MR) is 105 cm³/mol. The summed E-state index contributed by atoms with van der Waals surface area (Å²) in [6, 6.07) is 23.8. The molecule has 132 valence electrons. The average Bonchev–Trinajstić information content (AvgIpc) is 2.71. The number of hydrogen-bond donors (Lipinski definition) is 1. The molecule has 0 aliphatic heterocycles. The zero-order valence-corrected chi connectivity index (χ0v) is 14.7. The van der Waals surface area contributed by atoms with E-state index in [1.54, 1.807) is 12.1 Å². The number of fused-ring (bicyclic) bond motifs is 1. The van der Waals surface area contributed by atoms with E-state index in [4.69, 9.17) is 10.4 Å². The van der Waals surface area contributed by atoms with Crippen LogP contribution >= 0.6 is 0 Å². The van der Waals surface area contributed by atoms with Crippen LogP contribution in [-0.2, 0) is 9.53 Å². The number of carboxylic acids is 1. The third-order valence-corrected chi connectivity index (χ3v) is 3.46. The summed E-state index contributed by atoms with van der Waals surface area (Å²) in [5.41, 5.74) is 2.56. The highest BCUT2D eigenvalue weighted by Crippen LogP contribution is 2.15. The minimum Gasteiger partial charge on any atom is -0.504 e. The number of rotatable bonds is 2. The van der Waals surface area contributed by atoms with E-state index in [1.807, 2.05) is 30.3 Å². The van der Waals surface area contributed by atoms with Gasteiger partial charge in [-0.2, -0.15) is 5.26 Å². The van der Waals surface area contributed by atoms with Crippen molar-refractivity contribution >= 4 is 16.7 Å². The number of benzene rings is 3. The summed E-state index contributed by atoms with van der Waals surface area (Å²) in [6.07, 6.45) is 2.02. The molecule has 0 saturated heterocycles. The molecule has 3 aromatic rings. The molecule has 3 aromatic carbocycles. The summed E-state index contributed by atoms with van der Waals surface area (Å²) in [5.74, 6) is 5.28. The fraction of sp³-hybridized carbons (Fsp3) is 0.0435. The van der Waals surface area contributed by atoms with Gasteiger partial charge < -0.3 is 9.84 Å². The van der Waals surface area contributed by atoms with Gasteiger partial charge in [0.15, 0.2) is 0 Å². The zero-order valence-electron chi connectivity index (χ0n) is 14.7. The summed E-state index contributed by atoms with van der Waals surface area (Å²) in [5, 5.41) is 19.0. The molecule has 0 fully saturated rings. The second kappa shape index (κ2) is 10.1. The summed E-state index contributed by atoms with van der Waals surface area (Å²) in [6.45, 7) is 0. The molecule has 27 heavy (non-hydrogen) atoms. The number of nitriles is 1. The second-order valence-corrected chi connectivity index (χ2v) is 5.38. The standard InChI is InChI=1S/C19H11N.C4H6O3/c20-14-17-9-6-15(7-10-17)5-8-16-11-12-18-3-1-2-4-19(18)13-16;1-7-3-2-4(5)6/h1-4,6-7,9-13H;2-3H,1H3,(H,5,6). The molecule has 1 N–H and O–H groups in total. The smallest absolute Gasteiger partial charge is 0.331 e. The third-order valence-electron chi connectivity index (χ3n) is 3.46. The lowest BCUT2D eigenvalue weighted by Crippen LogP contribution is -1.85. The second-order valence-electron chi connectivity index (χ2n) is 5.38. The first kappa shape index (κ1) is 19.3. The summed E-state index contributed by atoms with van der Waals surface area (Å²) in [4.78, 5) is 9.59. The van der Waals surface area contributed by atoms with Gasteiger partial charge >= 0.3 is 5.97 Å². The third kappa shape index (κ3) is 6.42. The average molecular weight is 355 g/mol. The topological polar surface area (TPSA) is 70.3 Å². The van der Waals surface area contributed by atoms with Gasteiger partial charge in [0.1, 0.15) is 0 Å². The van der Waals surface area contributed by atoms with Crippen molar-refractivity contribution in [2.24, 2.45) is 0 Å². The molecule has 0 amide bonds. The number of aliphatic carboxylic acids is 1. The van der Waals surface area contributed by atoms with Gasteiger partial charge in [-0.05, 0) is 47.2 Å². The van der Waals surface area contributed by atoms with E-state index < -0.39 is 5.97 Å². The van der Waals surface area contributed by atoms with Gasteiger partial charge in [0.05, 0.1) is 31.1 Å². The van der Waals surface area contributed by atoms with Crippen molar-refractivity contribution in [1.82, 2.24) is 0 Å². The molecule has 4 heteroatoms. The Bertz CT molecular complexity index is 1050. The molecular formula is C23H17NO3. The molecule has 0 aliphatic rings. The quantitative estimate of drug-likeness (QED) is 0.422. The lowest BCUT2D eigenvalue weighted by Gasteiger charge is -1.97. The Balaban J connectivity index is 0.000000321. The van der Waals surface area contributed by atoms with Crippen LogP contribution in [0.1, 0.15) is 16.7 Å². The number of ether oxygens (including phenoxy) is 1. The van der Waals surface area contributed by atoms with E-state index in [2.05, 4.69) is 46.9 Å². The molecule has 4 nitrogen and oxygen atoms in total. The summed E-state index contributed by atoms with van der Waals surface area (Å²) < 4.78 is 4.29. The number of nitrogens with zero attached hydrogens (tertiary/aromatic N) is 1. The summed E-state index contributed by atoms with van der Waals surface area (Å²) >= 11 is 0. The molecule has 0 atom stereocenters. The van der Waals surface area contributed by atoms with Crippen LogP contribution in [0.3, 0.4) is 0 Å². The van der Waals surface area contributed by atoms with Crippen LogP contribution in [0.4, 0.5) is 0 Å². The van der Waals surface area contributed by atoms with Gasteiger partial charge in [0.25, 0.3) is 0 Å². The fourth-order valence-corrected chi connectivity index (χ4v) is 2.17. The van der Waals surface area contributed by atoms with Crippen molar-refractivity contribution in [3.8, 4) is 17.9 Å². The van der Waals surface area contributed by atoms with Crippen molar-refractivity contribution in [1.29, 1.82) is 5.26 Å². The van der Waals surface area contributed by atoms with Crippen LogP contribution in [-0.4, -0.2) is 18.2 Å². The minimum atomic E-state index is -0.998. The van der Waals surface area contributed by atoms with Crippen molar-refractivity contribution in [2.45, 2.75) is 0 Å². The van der Waals surface area contributed by atoms with Gasteiger partial charge in [0, 0.05) is 11.1 Å². The Morgan fingerprint density at radius 2 is 1.52 bits per heavy atom. The predicted octanol–water partition coefficient (Wildman–Crippen LogP) is 4.34. The van der Waals surface area contributed by atoms with Crippen LogP contribution in [0.15, 0.2) is 79.1 Å². The highest BCUT2D eigenvalue weighted by Gasteiger charge is 1.93. The molecule has 0 saturated carbocycles. The first-order valence-electron chi connectivity index (χ1n) is 8.05. The summed E-state index contributed by atoms with van der Waals surface area (Å²) in [7, 11) is 1.39. The molecule has 0 bridgehead atoms. The van der Waals surface area contributed by atoms with Crippen LogP contribution in [0.25, 0.3) is 10.8 Å². The maximum absolute atomic E-state index is 9.59. The Labute approximate surface area is 158 Å². The zero-order chi connectivity index (χ0) is 19.5. The van der Waals surface area contributed by atoms with Crippen molar-refractivity contribution in [3.63, 3.8) is 0 Å². The maximum Gasteiger partial charge on any atom is 0.331 e. The Morgan fingerprint density at radius 3 is 2.11 bits per heavy atom. The van der Waals surface area contributed by atoms with Gasteiger partial charge in [-0.3, -0.25) is 0 Å². The number of hydrogen-bond acceptors (Lipinski definition) is 3. The van der Waals surface area contributed by atoms with Gasteiger partial charge in [0.2, 0.25) is 0 Å². The molecule has 0 heterocycles. The number of carbonyl (C=O) groups is 1. The van der Waals surface area contributed by atoms with E-state index >= 15 is 0 Å². The van der Waals surface area contributed by atoms with Crippen molar-refractivity contribution < 1.29 is 14.6 Å². The van der Waals surface area contributed by atoms with Crippen LogP contribution in [0, 0.1) is 23.2 Å². The largest absolute Gasteiger partial charge is 0.504 e. The monoisotopic (exact) mass is 355 g/mol. The Morgan fingerprint density at radius 1 is 0.926 bits per heavy atom. The first-order valence-corrected chi connectivity index (χ1v) is 8.05. The molecular weight excluding hydrogens is 338 g/mol. The lowest BCUT2D eigenvalue weighted by atomic mass is 10.1. The molecule has 0 radical (unpaired) electrons. The van der Waals surface area contributed by atoms with Crippen LogP contribution in [0.5, 0.6) is 0 Å². The first-order chi connectivity index (χ1) is 13.1. The molecule has 0 aromatic heterocycles. The maximum atomic E-state index is 9.59. The number of carboxylic acid groups (broad SMARTS) is 1. The van der Waals surface area contributed by atoms with E-state index in [-0.39, 0.29) is 0 Å². The molecule has 0 spiro atoms. The Hall–Kier alpha value is -4.02. The van der Waals surface area contributed by atoms with E-state index in [1.165, 1.54) is 17.9 Å². The lowest BCUT2D eigenvalue weighted by molar-refractivity contribution is -0.131. The van der Waals surface area contributed by atoms with E-state index in [0.29, 0.717) is 5.56 Å². The van der Waals surface area contributed by atoms with E-state index in [0.717, 1.165) is 23.5 Å². The Kier molecular flexibility index (Phi) is 7.21. The van der Waals surface area contributed by atoms with Crippen molar-refractivity contribution in [2.75, 3.05) is 7.11 Å². The van der Waals surface area contributed by atoms with E-state index in [9.17, 15) is 4.79 Å². The van der Waals surface area contributed by atoms with Gasteiger partial charge in [-0.25, -0.2) is 4.79 Å². The normalized spacial score (nSPS) is 9.48. The molecule has 0 aliphatic carbocycles. The molecule has 0 unspecified atom stereocenters. The van der Waals surface area contributed by atoms with Gasteiger partial charge in [-0.1, -0.05) is 42.2 Å². The number of methoxy groups -OCH3 is 1. The van der Waals surface area contributed by atoms with Crippen LogP contribution < -0.4 is 0 Å². The SMILES string of the molecule is COC=CC(=O)O.N#Cc1ccc(C#Cc2ccc3ccccc3c2)cc1.